The fourth-order valence-corrected chi connectivity index (χ4v) is 1.73. The molecule has 0 unspecified atom stereocenters. The minimum atomic E-state index is -4.45. The summed E-state index contributed by atoms with van der Waals surface area (Å²) in [6.07, 6.45) is -1.70. The third kappa shape index (κ3) is 2.86. The Morgan fingerprint density at radius 3 is 2.74 bits per heavy atom. The second-order valence-corrected chi connectivity index (χ2v) is 4.02. The first-order valence-electron chi connectivity index (χ1n) is 5.52. The maximum absolute atomic E-state index is 12.8. The van der Waals surface area contributed by atoms with E-state index in [1.54, 1.807) is 25.3 Å². The Labute approximate surface area is 107 Å². The minimum Gasteiger partial charge on any atom is -0.487 e. The fourth-order valence-electron chi connectivity index (χ4n) is 1.73. The second kappa shape index (κ2) is 4.91. The molecule has 0 aromatic carbocycles. The molecular weight excluding hydrogens is 259 g/mol. The first kappa shape index (κ1) is 13.4. The van der Waals surface area contributed by atoms with Gasteiger partial charge in [0, 0.05) is 18.8 Å². The summed E-state index contributed by atoms with van der Waals surface area (Å²) in [5, 5.41) is 3.62. The Hall–Kier alpha value is -2.05. The summed E-state index contributed by atoms with van der Waals surface area (Å²) >= 11 is 0. The lowest BCUT2D eigenvalue weighted by atomic mass is 10.2. The summed E-state index contributed by atoms with van der Waals surface area (Å²) < 4.78 is 44.6. The molecule has 2 aromatic heterocycles. The Bertz CT molecular complexity index is 578. The molecule has 0 aliphatic heterocycles. The average Bonchev–Trinajstić information content (AvgIpc) is 2.69. The van der Waals surface area contributed by atoms with E-state index < -0.39 is 11.9 Å². The zero-order chi connectivity index (χ0) is 14.0. The first-order valence-corrected chi connectivity index (χ1v) is 5.52. The van der Waals surface area contributed by atoms with Crippen molar-refractivity contribution in [3.8, 4) is 5.75 Å². The van der Waals surface area contributed by atoms with Gasteiger partial charge in [-0.25, -0.2) is 0 Å². The highest BCUT2D eigenvalue weighted by Crippen LogP contribution is 2.32. The molecule has 0 fully saturated rings. The summed E-state index contributed by atoms with van der Waals surface area (Å²) in [7, 11) is 1.25. The number of alkyl halides is 3. The Kier molecular flexibility index (Phi) is 3.46. The van der Waals surface area contributed by atoms with Crippen LogP contribution in [-0.4, -0.2) is 14.8 Å². The number of hydrogen-bond donors (Lipinski definition) is 0. The molecule has 0 radical (unpaired) electrons. The van der Waals surface area contributed by atoms with E-state index in [9.17, 15) is 13.2 Å². The van der Waals surface area contributed by atoms with Crippen molar-refractivity contribution in [3.63, 3.8) is 0 Å². The van der Waals surface area contributed by atoms with Crippen molar-refractivity contribution in [3.05, 3.63) is 41.5 Å². The number of nitrogens with zero attached hydrogens (tertiary/aromatic N) is 3. The van der Waals surface area contributed by atoms with Gasteiger partial charge in [0.1, 0.15) is 18.1 Å². The molecule has 19 heavy (non-hydrogen) atoms. The van der Waals surface area contributed by atoms with Crippen LogP contribution < -0.4 is 4.74 Å². The largest absolute Gasteiger partial charge is 0.487 e. The van der Waals surface area contributed by atoms with Gasteiger partial charge in [-0.15, -0.1) is 0 Å². The van der Waals surface area contributed by atoms with Gasteiger partial charge in [0.2, 0.25) is 0 Å². The van der Waals surface area contributed by atoms with Crippen molar-refractivity contribution in [2.75, 3.05) is 0 Å². The van der Waals surface area contributed by atoms with E-state index in [1.807, 2.05) is 0 Å². The molecule has 7 heteroatoms. The van der Waals surface area contributed by atoms with Gasteiger partial charge in [-0.1, -0.05) is 0 Å². The van der Waals surface area contributed by atoms with Crippen LogP contribution in [0.1, 0.15) is 17.0 Å². The van der Waals surface area contributed by atoms with Crippen molar-refractivity contribution in [1.29, 1.82) is 0 Å². The van der Waals surface area contributed by atoms with Crippen LogP contribution in [0.2, 0.25) is 0 Å². The summed E-state index contributed by atoms with van der Waals surface area (Å²) in [4.78, 5) is 4.00. The maximum atomic E-state index is 12.8. The predicted octanol–water partition coefficient (Wildman–Crippen LogP) is 2.72. The average molecular weight is 271 g/mol. The van der Waals surface area contributed by atoms with E-state index in [4.69, 9.17) is 4.74 Å². The standard InChI is InChI=1S/C12H12F3N3O/c1-8-10(4-3-5-16-8)19-7-9-6-17-18(2)11(9)12(13,14)15/h3-6H,7H2,1-2H3. The highest BCUT2D eigenvalue weighted by molar-refractivity contribution is 5.27. The topological polar surface area (TPSA) is 39.9 Å². The van der Waals surface area contributed by atoms with Gasteiger partial charge in [0.15, 0.2) is 0 Å². The quantitative estimate of drug-likeness (QED) is 0.861. The third-order valence-electron chi connectivity index (χ3n) is 2.62. The molecule has 2 rings (SSSR count). The molecule has 4 nitrogen and oxygen atoms in total. The lowest BCUT2D eigenvalue weighted by molar-refractivity contribution is -0.144. The Morgan fingerprint density at radius 1 is 1.37 bits per heavy atom. The van der Waals surface area contributed by atoms with Crippen molar-refractivity contribution < 1.29 is 17.9 Å². The van der Waals surface area contributed by atoms with Gasteiger partial charge < -0.3 is 4.74 Å². The molecule has 0 atom stereocenters. The number of halogens is 3. The zero-order valence-electron chi connectivity index (χ0n) is 10.4. The molecule has 0 spiro atoms. The molecule has 102 valence electrons. The number of hydrogen-bond acceptors (Lipinski definition) is 3. The van der Waals surface area contributed by atoms with Crippen LogP contribution in [0.5, 0.6) is 5.75 Å². The van der Waals surface area contributed by atoms with Crippen molar-refractivity contribution in [2.45, 2.75) is 19.7 Å². The normalized spacial score (nSPS) is 11.6. The molecule has 2 aromatic rings. The van der Waals surface area contributed by atoms with Crippen LogP contribution in [0.15, 0.2) is 24.5 Å². The number of aryl methyl sites for hydroxylation is 2. The molecule has 0 saturated heterocycles. The fraction of sp³-hybridized carbons (Fsp3) is 0.333. The Balaban J connectivity index is 2.19. The highest BCUT2D eigenvalue weighted by Gasteiger charge is 2.37. The molecule has 0 aliphatic carbocycles. The predicted molar refractivity (Wildman–Crippen MR) is 61.5 cm³/mol. The van der Waals surface area contributed by atoms with E-state index in [-0.39, 0.29) is 12.2 Å². The third-order valence-corrected chi connectivity index (χ3v) is 2.62. The van der Waals surface area contributed by atoms with Crippen molar-refractivity contribution in [1.82, 2.24) is 14.8 Å². The van der Waals surface area contributed by atoms with Gasteiger partial charge in [0.25, 0.3) is 0 Å². The van der Waals surface area contributed by atoms with Crippen LogP contribution in [0.25, 0.3) is 0 Å². The van der Waals surface area contributed by atoms with E-state index in [1.165, 1.54) is 7.05 Å². The lowest BCUT2D eigenvalue weighted by Gasteiger charge is -2.11. The molecule has 0 saturated carbocycles. The van der Waals surface area contributed by atoms with Crippen LogP contribution in [0.3, 0.4) is 0 Å². The summed E-state index contributed by atoms with van der Waals surface area (Å²) in [6, 6.07) is 3.32. The van der Waals surface area contributed by atoms with Crippen LogP contribution >= 0.6 is 0 Å². The molecular formula is C12H12F3N3O. The van der Waals surface area contributed by atoms with Gasteiger partial charge in [-0.3, -0.25) is 9.67 Å². The number of aromatic nitrogens is 3. The maximum Gasteiger partial charge on any atom is 0.433 e. The highest BCUT2D eigenvalue weighted by atomic mass is 19.4. The van der Waals surface area contributed by atoms with Crippen molar-refractivity contribution in [2.24, 2.45) is 7.05 Å². The van der Waals surface area contributed by atoms with Crippen LogP contribution in [0, 0.1) is 6.92 Å². The van der Waals surface area contributed by atoms with Crippen LogP contribution in [0.4, 0.5) is 13.2 Å². The number of ether oxygens (including phenoxy) is 1. The molecule has 0 amide bonds. The minimum absolute atomic E-state index is 0.00162. The first-order chi connectivity index (χ1) is 8.89. The van der Waals surface area contributed by atoms with E-state index in [0.717, 1.165) is 10.9 Å². The van der Waals surface area contributed by atoms with Gasteiger partial charge in [-0.05, 0) is 19.1 Å². The van der Waals surface area contributed by atoms with E-state index in [0.29, 0.717) is 11.4 Å². The number of pyridine rings is 1. The lowest BCUT2D eigenvalue weighted by Crippen LogP contribution is -2.15. The monoisotopic (exact) mass is 271 g/mol. The van der Waals surface area contributed by atoms with Gasteiger partial charge >= 0.3 is 6.18 Å². The molecule has 0 bridgehead atoms. The van der Waals surface area contributed by atoms with Gasteiger partial charge in [0.05, 0.1) is 11.9 Å². The molecule has 0 aliphatic rings. The summed E-state index contributed by atoms with van der Waals surface area (Å²) in [6.45, 7) is 1.53. The SMILES string of the molecule is Cc1ncccc1OCc1cnn(C)c1C(F)(F)F. The van der Waals surface area contributed by atoms with E-state index >= 15 is 0 Å². The van der Waals surface area contributed by atoms with Crippen molar-refractivity contribution >= 4 is 0 Å². The second-order valence-electron chi connectivity index (χ2n) is 4.02. The molecule has 2 heterocycles. The summed E-state index contributed by atoms with van der Waals surface area (Å²) in [5.41, 5.74) is -0.174. The number of rotatable bonds is 3. The zero-order valence-corrected chi connectivity index (χ0v) is 10.4. The molecule has 0 N–H and O–H groups in total. The smallest absolute Gasteiger partial charge is 0.433 e. The van der Waals surface area contributed by atoms with Gasteiger partial charge in [-0.2, -0.15) is 18.3 Å². The van der Waals surface area contributed by atoms with E-state index in [2.05, 4.69) is 10.1 Å². The Morgan fingerprint density at radius 2 is 2.11 bits per heavy atom. The van der Waals surface area contributed by atoms with Crippen LogP contribution in [-0.2, 0) is 19.8 Å². The summed E-state index contributed by atoms with van der Waals surface area (Å²) in [5.74, 6) is 0.458.